The topological polar surface area (TPSA) is 26.3 Å². The normalized spacial score (nSPS) is 13.6. The van der Waals surface area contributed by atoms with Gasteiger partial charge in [0.1, 0.15) is 0 Å². The van der Waals surface area contributed by atoms with Crippen molar-refractivity contribution in [2.45, 2.75) is 79.1 Å². The fourth-order valence-electron chi connectivity index (χ4n) is 2.97. The van der Waals surface area contributed by atoms with E-state index in [2.05, 4.69) is 27.7 Å². The fourth-order valence-corrected chi connectivity index (χ4v) is 3.38. The molecule has 0 rings (SSSR count). The van der Waals surface area contributed by atoms with Gasteiger partial charge in [0.15, 0.2) is 0 Å². The van der Waals surface area contributed by atoms with E-state index in [-0.39, 0.29) is 11.4 Å². The first-order valence-corrected chi connectivity index (χ1v) is 8.49. The van der Waals surface area contributed by atoms with Crippen LogP contribution in [0.3, 0.4) is 0 Å². The number of carbonyl (C=O) groups is 1. The third-order valence-electron chi connectivity index (χ3n) is 4.54. The summed E-state index contributed by atoms with van der Waals surface area (Å²) < 4.78 is 5.16. The highest BCUT2D eigenvalue weighted by Crippen LogP contribution is 2.39. The van der Waals surface area contributed by atoms with E-state index in [9.17, 15) is 4.79 Å². The highest BCUT2D eigenvalue weighted by molar-refractivity contribution is 6.06. The Labute approximate surface area is 116 Å². The lowest BCUT2D eigenvalue weighted by Crippen LogP contribution is -2.37. The summed E-state index contributed by atoms with van der Waals surface area (Å²) >= 11 is 0. The molecule has 0 spiro atoms. The lowest BCUT2D eigenvalue weighted by atomic mass is 9.70. The van der Waals surface area contributed by atoms with Crippen molar-refractivity contribution in [1.82, 2.24) is 0 Å². The second-order valence-electron chi connectivity index (χ2n) is 5.46. The Balaban J connectivity index is 4.31. The van der Waals surface area contributed by atoms with Gasteiger partial charge in [-0.15, -0.1) is 0 Å². The van der Waals surface area contributed by atoms with E-state index in [4.69, 9.17) is 4.43 Å². The SMILES string of the molecule is CCCCCCCC(C)C(CC)(CC)C(=O)O[SiH3]. The largest absolute Gasteiger partial charge is 0.528 e. The molecule has 0 aromatic rings. The van der Waals surface area contributed by atoms with Crippen molar-refractivity contribution in [1.29, 1.82) is 0 Å². The summed E-state index contributed by atoms with van der Waals surface area (Å²) in [7, 11) is 0.515. The Hall–Kier alpha value is -0.313. The molecule has 108 valence electrons. The molecule has 0 N–H and O–H groups in total. The Morgan fingerprint density at radius 2 is 1.67 bits per heavy atom. The van der Waals surface area contributed by atoms with Gasteiger partial charge in [-0.3, -0.25) is 4.79 Å². The molecule has 0 amide bonds. The Kier molecular flexibility index (Phi) is 9.43. The molecule has 0 bridgehead atoms. The van der Waals surface area contributed by atoms with E-state index in [1.54, 1.807) is 0 Å². The number of rotatable bonds is 10. The van der Waals surface area contributed by atoms with Crippen molar-refractivity contribution in [3.05, 3.63) is 0 Å². The van der Waals surface area contributed by atoms with Crippen LogP contribution in [0.5, 0.6) is 0 Å². The van der Waals surface area contributed by atoms with Crippen LogP contribution in [0.15, 0.2) is 0 Å². The summed E-state index contributed by atoms with van der Waals surface area (Å²) in [6, 6.07) is 0. The quantitative estimate of drug-likeness (QED) is 0.448. The molecule has 0 aromatic carbocycles. The Bertz CT molecular complexity index is 225. The average molecular weight is 273 g/mol. The number of hydrogen-bond acceptors (Lipinski definition) is 2. The average Bonchev–Trinajstić information content (AvgIpc) is 2.40. The van der Waals surface area contributed by atoms with Gasteiger partial charge in [-0.25, -0.2) is 0 Å². The van der Waals surface area contributed by atoms with Gasteiger partial charge >= 0.3 is 0 Å². The van der Waals surface area contributed by atoms with Crippen LogP contribution in [0.2, 0.25) is 0 Å². The zero-order valence-electron chi connectivity index (χ0n) is 13.1. The predicted octanol–water partition coefficient (Wildman–Crippen LogP) is 3.61. The van der Waals surface area contributed by atoms with Crippen LogP contribution in [0.4, 0.5) is 0 Å². The summed E-state index contributed by atoms with van der Waals surface area (Å²) in [5.41, 5.74) is -0.230. The summed E-state index contributed by atoms with van der Waals surface area (Å²) in [4.78, 5) is 12.1. The first-order valence-electron chi connectivity index (χ1n) is 7.67. The molecule has 0 aliphatic heterocycles. The zero-order valence-corrected chi connectivity index (χ0v) is 15.1. The van der Waals surface area contributed by atoms with Crippen LogP contribution in [-0.2, 0) is 9.22 Å². The molecule has 0 aliphatic carbocycles. The van der Waals surface area contributed by atoms with Gasteiger partial charge in [0, 0.05) is 0 Å². The fraction of sp³-hybridized carbons (Fsp3) is 0.933. The maximum absolute atomic E-state index is 12.1. The van der Waals surface area contributed by atoms with Gasteiger partial charge in [-0.05, 0) is 25.2 Å². The lowest BCUT2D eigenvalue weighted by molar-refractivity contribution is -0.149. The number of carbonyl (C=O) groups excluding carboxylic acids is 1. The molecular weight excluding hydrogens is 240 g/mol. The highest BCUT2D eigenvalue weighted by atomic mass is 28.2. The highest BCUT2D eigenvalue weighted by Gasteiger charge is 2.40. The third kappa shape index (κ3) is 4.75. The van der Waals surface area contributed by atoms with Crippen LogP contribution >= 0.6 is 0 Å². The Morgan fingerprint density at radius 1 is 1.11 bits per heavy atom. The van der Waals surface area contributed by atoms with E-state index in [0.717, 1.165) is 19.3 Å². The van der Waals surface area contributed by atoms with Crippen LogP contribution in [-0.4, -0.2) is 16.5 Å². The maximum atomic E-state index is 12.1. The molecule has 0 heterocycles. The van der Waals surface area contributed by atoms with Crippen LogP contribution < -0.4 is 0 Å². The van der Waals surface area contributed by atoms with Crippen molar-refractivity contribution < 1.29 is 9.22 Å². The van der Waals surface area contributed by atoms with Crippen LogP contribution in [0.25, 0.3) is 0 Å². The van der Waals surface area contributed by atoms with E-state index in [1.807, 2.05) is 0 Å². The van der Waals surface area contributed by atoms with Gasteiger partial charge in [0.2, 0.25) is 10.5 Å². The van der Waals surface area contributed by atoms with Gasteiger partial charge < -0.3 is 4.43 Å². The first kappa shape index (κ1) is 17.7. The molecule has 1 atom stereocenters. The maximum Gasteiger partial charge on any atom is 0.298 e. The molecule has 0 radical (unpaired) electrons. The molecule has 3 heteroatoms. The predicted molar refractivity (Wildman–Crippen MR) is 81.6 cm³/mol. The second-order valence-corrected chi connectivity index (χ2v) is 5.87. The lowest BCUT2D eigenvalue weighted by Gasteiger charge is -2.35. The minimum atomic E-state index is -0.230. The van der Waals surface area contributed by atoms with Crippen molar-refractivity contribution in [2.24, 2.45) is 11.3 Å². The van der Waals surface area contributed by atoms with E-state index in [0.29, 0.717) is 16.4 Å². The molecule has 0 saturated heterocycles. The molecule has 1 unspecified atom stereocenters. The third-order valence-corrected chi connectivity index (χ3v) is 4.91. The second kappa shape index (κ2) is 9.60. The molecule has 0 aliphatic rings. The van der Waals surface area contributed by atoms with Crippen LogP contribution in [0.1, 0.15) is 79.1 Å². The molecule has 2 nitrogen and oxygen atoms in total. The molecule has 0 fully saturated rings. The summed E-state index contributed by atoms with van der Waals surface area (Å²) in [5.74, 6) is 0.482. The van der Waals surface area contributed by atoms with Crippen molar-refractivity contribution in [3.63, 3.8) is 0 Å². The molecule has 18 heavy (non-hydrogen) atoms. The summed E-state index contributed by atoms with van der Waals surface area (Å²) in [5, 5.41) is 0. The molecular formula is C15H32O2Si. The summed E-state index contributed by atoms with van der Waals surface area (Å²) in [6.07, 6.45) is 9.47. The van der Waals surface area contributed by atoms with E-state index in [1.165, 1.54) is 32.1 Å². The Morgan fingerprint density at radius 3 is 2.11 bits per heavy atom. The number of hydrogen-bond donors (Lipinski definition) is 0. The molecule has 0 saturated carbocycles. The van der Waals surface area contributed by atoms with Crippen molar-refractivity contribution >= 4 is 16.5 Å². The first-order chi connectivity index (χ1) is 8.58. The standard InChI is InChI=1S/C15H32O2Si/c1-5-8-9-10-11-12-13(4)15(6-2,7-3)14(16)17-18/h13H,5-12H2,1-4,18H3. The van der Waals surface area contributed by atoms with Crippen LogP contribution in [0, 0.1) is 11.3 Å². The zero-order chi connectivity index (χ0) is 14.0. The van der Waals surface area contributed by atoms with Gasteiger partial charge in [-0.2, -0.15) is 0 Å². The number of unbranched alkanes of at least 4 members (excludes halogenated alkanes) is 4. The van der Waals surface area contributed by atoms with E-state index >= 15 is 0 Å². The summed E-state index contributed by atoms with van der Waals surface area (Å²) in [6.45, 7) is 8.71. The monoisotopic (exact) mass is 272 g/mol. The van der Waals surface area contributed by atoms with Crippen molar-refractivity contribution in [2.75, 3.05) is 0 Å². The molecule has 0 aromatic heterocycles. The van der Waals surface area contributed by atoms with Crippen molar-refractivity contribution in [3.8, 4) is 0 Å². The minimum Gasteiger partial charge on any atom is -0.528 e. The minimum absolute atomic E-state index is 0.0419. The van der Waals surface area contributed by atoms with Gasteiger partial charge in [-0.1, -0.05) is 59.8 Å². The smallest absolute Gasteiger partial charge is 0.298 e. The van der Waals surface area contributed by atoms with Gasteiger partial charge in [0.05, 0.1) is 5.41 Å². The van der Waals surface area contributed by atoms with Gasteiger partial charge in [0.25, 0.3) is 5.97 Å². The van der Waals surface area contributed by atoms with E-state index < -0.39 is 0 Å².